The number of carbonyl (C=O) groups excluding carboxylic acids is 1. The summed E-state index contributed by atoms with van der Waals surface area (Å²) in [4.78, 5) is 15.1. The normalized spacial score (nSPS) is 15.2. The third-order valence-electron chi connectivity index (χ3n) is 6.02. The number of phenolic OH excluding ortho intramolecular Hbond substituents is 1. The number of aryl methyl sites for hydroxylation is 2. The van der Waals surface area contributed by atoms with E-state index in [1.165, 1.54) is 24.3 Å². The number of nitrogens with zero attached hydrogens (tertiary/aromatic N) is 2. The molecular weight excluding hydrogens is 424 g/mol. The Hall–Kier alpha value is -4.00. The third kappa shape index (κ3) is 3.55. The number of nitrogens with one attached hydrogen (secondary N) is 1. The molecule has 0 aliphatic carbocycles. The minimum atomic E-state index is -0.563. The van der Waals surface area contributed by atoms with E-state index in [1.807, 2.05) is 26.0 Å². The first-order chi connectivity index (χ1) is 15.8. The van der Waals surface area contributed by atoms with Crippen molar-refractivity contribution in [3.05, 3.63) is 106 Å². The lowest BCUT2D eigenvalue weighted by atomic mass is 9.94. The molecule has 0 spiro atoms. The Morgan fingerprint density at radius 3 is 2.30 bits per heavy atom. The molecular formula is C26H21F2N3O2. The molecule has 166 valence electrons. The van der Waals surface area contributed by atoms with Crippen molar-refractivity contribution in [2.75, 3.05) is 0 Å². The van der Waals surface area contributed by atoms with Crippen LogP contribution in [0.25, 0.3) is 11.3 Å². The third-order valence-corrected chi connectivity index (χ3v) is 6.02. The Bertz CT molecular complexity index is 1360. The molecule has 5 rings (SSSR count). The Kier molecular flexibility index (Phi) is 4.96. The van der Waals surface area contributed by atoms with Crippen molar-refractivity contribution in [3.8, 4) is 17.0 Å². The van der Waals surface area contributed by atoms with Gasteiger partial charge in [-0.25, -0.2) is 8.78 Å². The lowest BCUT2D eigenvalue weighted by Gasteiger charge is -2.26. The molecule has 1 aliphatic rings. The average molecular weight is 445 g/mol. The summed E-state index contributed by atoms with van der Waals surface area (Å²) in [5.74, 6) is -0.917. The monoisotopic (exact) mass is 445 g/mol. The van der Waals surface area contributed by atoms with Crippen LogP contribution in [-0.2, 0) is 6.54 Å². The summed E-state index contributed by atoms with van der Waals surface area (Å²) in [6.45, 7) is 3.95. The van der Waals surface area contributed by atoms with Crippen molar-refractivity contribution in [1.82, 2.24) is 15.1 Å². The van der Waals surface area contributed by atoms with Crippen molar-refractivity contribution in [1.29, 1.82) is 0 Å². The number of aromatic nitrogens is 2. The van der Waals surface area contributed by atoms with Gasteiger partial charge in [-0.1, -0.05) is 30.3 Å². The molecule has 0 fully saturated rings. The van der Waals surface area contributed by atoms with Crippen molar-refractivity contribution >= 4 is 5.91 Å². The highest BCUT2D eigenvalue weighted by Crippen LogP contribution is 2.45. The fourth-order valence-corrected chi connectivity index (χ4v) is 4.48. The van der Waals surface area contributed by atoms with Gasteiger partial charge in [0.15, 0.2) is 0 Å². The van der Waals surface area contributed by atoms with Gasteiger partial charge in [0.05, 0.1) is 6.04 Å². The van der Waals surface area contributed by atoms with Crippen molar-refractivity contribution < 1.29 is 18.7 Å². The van der Waals surface area contributed by atoms with Gasteiger partial charge in [-0.15, -0.1) is 0 Å². The Morgan fingerprint density at radius 1 is 1.00 bits per heavy atom. The topological polar surface area (TPSA) is 69.2 Å². The molecule has 0 bridgehead atoms. The first-order valence-corrected chi connectivity index (χ1v) is 10.5. The summed E-state index contributed by atoms with van der Waals surface area (Å²) in [5, 5.41) is 18.0. The Labute approximate surface area is 189 Å². The van der Waals surface area contributed by atoms with E-state index in [0.717, 1.165) is 11.1 Å². The number of rotatable bonds is 4. The van der Waals surface area contributed by atoms with Crippen LogP contribution in [0.1, 0.15) is 44.3 Å². The highest BCUT2D eigenvalue weighted by molar-refractivity contribution is 6.00. The van der Waals surface area contributed by atoms with Crippen LogP contribution >= 0.6 is 0 Å². The molecule has 5 nitrogen and oxygen atoms in total. The van der Waals surface area contributed by atoms with E-state index in [2.05, 4.69) is 10.2 Å². The van der Waals surface area contributed by atoms with Gasteiger partial charge in [0.1, 0.15) is 28.8 Å². The van der Waals surface area contributed by atoms with Crippen LogP contribution in [0.4, 0.5) is 8.78 Å². The maximum absolute atomic E-state index is 13.7. The van der Waals surface area contributed by atoms with E-state index in [1.54, 1.807) is 29.2 Å². The van der Waals surface area contributed by atoms with E-state index < -0.39 is 6.04 Å². The van der Waals surface area contributed by atoms with Crippen LogP contribution in [0, 0.1) is 25.5 Å². The molecule has 3 aromatic carbocycles. The fourth-order valence-electron chi connectivity index (χ4n) is 4.48. The summed E-state index contributed by atoms with van der Waals surface area (Å²) in [6, 6.07) is 15.1. The number of hydrogen-bond acceptors (Lipinski definition) is 3. The second-order valence-corrected chi connectivity index (χ2v) is 8.35. The van der Waals surface area contributed by atoms with E-state index in [-0.39, 0.29) is 29.8 Å². The zero-order chi connectivity index (χ0) is 23.3. The number of amides is 1. The van der Waals surface area contributed by atoms with E-state index in [9.17, 15) is 18.7 Å². The summed E-state index contributed by atoms with van der Waals surface area (Å²) in [5.41, 5.74) is 5.04. The SMILES string of the molecule is Cc1cc(C)c(O)c(-c2n[nH]c3c2C(c2ccc(F)cc2)N(Cc2ccc(F)cc2)C3=O)c1. The highest BCUT2D eigenvalue weighted by Gasteiger charge is 2.42. The van der Waals surface area contributed by atoms with Crippen LogP contribution < -0.4 is 0 Å². The second kappa shape index (κ2) is 7.85. The van der Waals surface area contributed by atoms with Gasteiger partial charge in [-0.2, -0.15) is 5.10 Å². The fraction of sp³-hybridized carbons (Fsp3) is 0.154. The second-order valence-electron chi connectivity index (χ2n) is 8.35. The molecule has 1 unspecified atom stereocenters. The quantitative estimate of drug-likeness (QED) is 0.441. The summed E-state index contributed by atoms with van der Waals surface area (Å²) in [7, 11) is 0. The molecule has 0 saturated heterocycles. The molecule has 0 radical (unpaired) electrons. The molecule has 1 aromatic heterocycles. The van der Waals surface area contributed by atoms with E-state index in [4.69, 9.17) is 0 Å². The average Bonchev–Trinajstić information content (AvgIpc) is 3.32. The van der Waals surface area contributed by atoms with Crippen molar-refractivity contribution in [2.45, 2.75) is 26.4 Å². The molecule has 1 aliphatic heterocycles. The summed E-state index contributed by atoms with van der Waals surface area (Å²) < 4.78 is 27.1. The van der Waals surface area contributed by atoms with Crippen LogP contribution in [-0.4, -0.2) is 26.1 Å². The largest absolute Gasteiger partial charge is 0.507 e. The van der Waals surface area contributed by atoms with Crippen LogP contribution in [0.3, 0.4) is 0 Å². The molecule has 0 saturated carbocycles. The van der Waals surface area contributed by atoms with Gasteiger partial charge in [-0.05, 0) is 66.4 Å². The number of fused-ring (bicyclic) bond motifs is 1. The van der Waals surface area contributed by atoms with E-state index in [0.29, 0.717) is 33.6 Å². The number of aromatic hydroxyl groups is 1. The van der Waals surface area contributed by atoms with Gasteiger partial charge in [0, 0.05) is 17.7 Å². The molecule has 4 aromatic rings. The van der Waals surface area contributed by atoms with Gasteiger partial charge in [0.25, 0.3) is 5.91 Å². The van der Waals surface area contributed by atoms with Crippen molar-refractivity contribution in [2.24, 2.45) is 0 Å². The van der Waals surface area contributed by atoms with Crippen molar-refractivity contribution in [3.63, 3.8) is 0 Å². The van der Waals surface area contributed by atoms with Crippen LogP contribution in [0.5, 0.6) is 5.75 Å². The number of phenols is 1. The lowest BCUT2D eigenvalue weighted by molar-refractivity contribution is 0.0730. The predicted molar refractivity (Wildman–Crippen MR) is 120 cm³/mol. The van der Waals surface area contributed by atoms with Gasteiger partial charge < -0.3 is 10.0 Å². The first-order valence-electron chi connectivity index (χ1n) is 10.5. The lowest BCUT2D eigenvalue weighted by Crippen LogP contribution is -2.29. The Morgan fingerprint density at radius 2 is 1.64 bits per heavy atom. The predicted octanol–water partition coefficient (Wildman–Crippen LogP) is 5.42. The smallest absolute Gasteiger partial charge is 0.273 e. The molecule has 2 heterocycles. The maximum Gasteiger partial charge on any atom is 0.273 e. The van der Waals surface area contributed by atoms with Crippen LogP contribution in [0.15, 0.2) is 60.7 Å². The molecule has 2 N–H and O–H groups in total. The summed E-state index contributed by atoms with van der Waals surface area (Å²) >= 11 is 0. The Balaban J connectivity index is 1.67. The van der Waals surface area contributed by atoms with Gasteiger partial charge >= 0.3 is 0 Å². The van der Waals surface area contributed by atoms with Gasteiger partial charge in [0.2, 0.25) is 0 Å². The number of aromatic amines is 1. The maximum atomic E-state index is 13.7. The molecule has 33 heavy (non-hydrogen) atoms. The molecule has 1 amide bonds. The number of carbonyl (C=O) groups is 1. The van der Waals surface area contributed by atoms with E-state index >= 15 is 0 Å². The molecule has 7 heteroatoms. The zero-order valence-corrected chi connectivity index (χ0v) is 18.1. The van der Waals surface area contributed by atoms with Gasteiger partial charge in [-0.3, -0.25) is 9.89 Å². The number of hydrogen-bond donors (Lipinski definition) is 2. The molecule has 1 atom stereocenters. The standard InChI is InChI=1S/C26H21F2N3O2/c1-14-11-15(2)25(32)20(12-14)22-21-23(30-29-22)26(33)31(13-16-3-7-18(27)8-4-16)24(21)17-5-9-19(28)10-6-17/h3-12,24,32H,13H2,1-2H3,(H,29,30). The number of H-pyrrole nitrogens is 1. The number of benzene rings is 3. The number of halogens is 2. The minimum absolute atomic E-state index is 0.0946. The highest BCUT2D eigenvalue weighted by atomic mass is 19.1. The van der Waals surface area contributed by atoms with Crippen LogP contribution in [0.2, 0.25) is 0 Å². The summed E-state index contributed by atoms with van der Waals surface area (Å²) in [6.07, 6.45) is 0. The first kappa shape index (κ1) is 20.9. The minimum Gasteiger partial charge on any atom is -0.507 e. The zero-order valence-electron chi connectivity index (χ0n) is 18.1.